The minimum Gasteiger partial charge on any atom is -0.512 e. The van der Waals surface area contributed by atoms with E-state index in [1.54, 1.807) is 23.2 Å². The van der Waals surface area contributed by atoms with Crippen molar-refractivity contribution in [1.82, 2.24) is 14.9 Å². The van der Waals surface area contributed by atoms with Crippen molar-refractivity contribution in [3.8, 4) is 0 Å². The average molecular weight is 486 g/mol. The number of benzene rings is 1. The Morgan fingerprint density at radius 2 is 2.03 bits per heavy atom. The molecular formula is C29H35N5O2. The SMILES string of the molecule is C=C1/C=C\C=C(\O)CCC[C@@H]1N1C(=O)C(C)(C)c2cnc(Nc3cccc(CN4CCCC4)c3)nc21. The first-order valence-corrected chi connectivity index (χ1v) is 12.9. The van der Waals surface area contributed by atoms with Gasteiger partial charge in [0.25, 0.3) is 0 Å². The van der Waals surface area contributed by atoms with Crippen LogP contribution in [0.4, 0.5) is 17.5 Å². The third kappa shape index (κ3) is 4.80. The zero-order valence-corrected chi connectivity index (χ0v) is 21.2. The highest BCUT2D eigenvalue weighted by Crippen LogP contribution is 2.43. The van der Waals surface area contributed by atoms with Crippen LogP contribution in [0.3, 0.4) is 0 Å². The molecule has 3 aliphatic rings. The third-order valence-corrected chi connectivity index (χ3v) is 7.46. The lowest BCUT2D eigenvalue weighted by atomic mass is 9.88. The smallest absolute Gasteiger partial charge is 0.239 e. The number of aliphatic hydroxyl groups excluding tert-OH is 1. The van der Waals surface area contributed by atoms with Crippen molar-refractivity contribution < 1.29 is 9.90 Å². The van der Waals surface area contributed by atoms with E-state index in [0.717, 1.165) is 42.9 Å². The van der Waals surface area contributed by atoms with Crippen LogP contribution < -0.4 is 10.2 Å². The zero-order chi connectivity index (χ0) is 25.3. The maximum atomic E-state index is 13.7. The van der Waals surface area contributed by atoms with Crippen molar-refractivity contribution in [2.24, 2.45) is 0 Å². The molecule has 0 radical (unpaired) electrons. The maximum absolute atomic E-state index is 13.7. The van der Waals surface area contributed by atoms with Gasteiger partial charge in [0.2, 0.25) is 11.9 Å². The summed E-state index contributed by atoms with van der Waals surface area (Å²) >= 11 is 0. The fraction of sp³-hybridized carbons (Fsp3) is 0.414. The van der Waals surface area contributed by atoms with Crippen LogP contribution in [-0.4, -0.2) is 45.0 Å². The predicted octanol–water partition coefficient (Wildman–Crippen LogP) is 5.55. The van der Waals surface area contributed by atoms with Crippen molar-refractivity contribution in [1.29, 1.82) is 0 Å². The molecular weight excluding hydrogens is 450 g/mol. The molecule has 3 heterocycles. The molecule has 1 aromatic heterocycles. The van der Waals surface area contributed by atoms with Gasteiger partial charge in [-0.25, -0.2) is 4.98 Å². The molecule has 1 fully saturated rings. The van der Waals surface area contributed by atoms with Gasteiger partial charge in [0.05, 0.1) is 17.2 Å². The monoisotopic (exact) mass is 485 g/mol. The van der Waals surface area contributed by atoms with Crippen molar-refractivity contribution in [3.05, 3.63) is 77.7 Å². The molecule has 1 atom stereocenters. The summed E-state index contributed by atoms with van der Waals surface area (Å²) in [6.45, 7) is 11.4. The van der Waals surface area contributed by atoms with Crippen molar-refractivity contribution in [2.75, 3.05) is 23.3 Å². The molecule has 0 spiro atoms. The van der Waals surface area contributed by atoms with Gasteiger partial charge in [0.15, 0.2) is 0 Å². The number of carbonyl (C=O) groups excluding carboxylic acids is 1. The number of likely N-dealkylation sites (tertiary alicyclic amines) is 1. The fourth-order valence-electron chi connectivity index (χ4n) is 5.37. The molecule has 1 saturated heterocycles. The Bertz CT molecular complexity index is 1230. The second kappa shape index (κ2) is 9.90. The van der Waals surface area contributed by atoms with Gasteiger partial charge >= 0.3 is 0 Å². The number of allylic oxidation sites excluding steroid dienone is 3. The molecule has 188 valence electrons. The first-order chi connectivity index (χ1) is 17.3. The van der Waals surface area contributed by atoms with E-state index >= 15 is 0 Å². The fourth-order valence-corrected chi connectivity index (χ4v) is 5.37. The van der Waals surface area contributed by atoms with Crippen molar-refractivity contribution >= 4 is 23.4 Å². The number of aliphatic hydroxyl groups is 1. The molecule has 2 aromatic rings. The van der Waals surface area contributed by atoms with Gasteiger partial charge < -0.3 is 10.4 Å². The van der Waals surface area contributed by atoms with Crippen LogP contribution in [0, 0.1) is 0 Å². The molecule has 1 amide bonds. The molecule has 0 saturated carbocycles. The predicted molar refractivity (Wildman–Crippen MR) is 143 cm³/mol. The molecule has 0 unspecified atom stereocenters. The van der Waals surface area contributed by atoms with E-state index in [-0.39, 0.29) is 11.9 Å². The Labute approximate surface area is 213 Å². The number of nitrogens with zero attached hydrogens (tertiary/aromatic N) is 4. The van der Waals surface area contributed by atoms with Gasteiger partial charge in [0, 0.05) is 30.4 Å². The minimum atomic E-state index is -0.730. The topological polar surface area (TPSA) is 81.6 Å². The van der Waals surface area contributed by atoms with Crippen LogP contribution in [-0.2, 0) is 16.8 Å². The lowest BCUT2D eigenvalue weighted by molar-refractivity contribution is -0.122. The Hall–Kier alpha value is -3.45. The summed E-state index contributed by atoms with van der Waals surface area (Å²) < 4.78 is 0. The molecule has 36 heavy (non-hydrogen) atoms. The molecule has 0 bridgehead atoms. The van der Waals surface area contributed by atoms with Crippen molar-refractivity contribution in [3.63, 3.8) is 0 Å². The number of rotatable bonds is 5. The van der Waals surface area contributed by atoms with Gasteiger partial charge in [-0.3, -0.25) is 14.6 Å². The summed E-state index contributed by atoms with van der Waals surface area (Å²) in [5.41, 5.74) is 3.09. The van der Waals surface area contributed by atoms with Crippen LogP contribution in [0.2, 0.25) is 0 Å². The Balaban J connectivity index is 1.42. The summed E-state index contributed by atoms with van der Waals surface area (Å²) in [7, 11) is 0. The normalized spacial score (nSPS) is 24.4. The molecule has 7 nitrogen and oxygen atoms in total. The van der Waals surface area contributed by atoms with Gasteiger partial charge in [-0.2, -0.15) is 4.98 Å². The average Bonchev–Trinajstić information content (AvgIpc) is 3.43. The van der Waals surface area contributed by atoms with Crippen LogP contribution in [0.1, 0.15) is 57.1 Å². The second-order valence-corrected chi connectivity index (χ2v) is 10.5. The number of aromatic nitrogens is 2. The summed E-state index contributed by atoms with van der Waals surface area (Å²) in [6, 6.07) is 8.13. The molecule has 1 aliphatic carbocycles. The summed E-state index contributed by atoms with van der Waals surface area (Å²) in [4.78, 5) is 27.4. The largest absolute Gasteiger partial charge is 0.512 e. The number of hydrogen-bond acceptors (Lipinski definition) is 6. The zero-order valence-electron chi connectivity index (χ0n) is 21.2. The highest BCUT2D eigenvalue weighted by molar-refractivity contribution is 6.07. The standard InChI is InChI=1S/C29H35N5O2/c1-20-9-6-12-23(35)13-8-14-25(20)34-26-24(29(2,3)27(34)36)18-30-28(32-26)31-22-11-7-10-21(17-22)19-33-15-4-5-16-33/h6-7,9-12,17-18,25,35H,1,4-5,8,13-16,19H2,2-3H3,(H,30,31,32)/b9-6-,23-12+/t25-/m0/s1. The van der Waals surface area contributed by atoms with Gasteiger partial charge in [0.1, 0.15) is 5.82 Å². The summed E-state index contributed by atoms with van der Waals surface area (Å²) in [5, 5.41) is 13.4. The number of fused-ring (bicyclic) bond motifs is 1. The van der Waals surface area contributed by atoms with E-state index in [1.165, 1.54) is 18.4 Å². The highest BCUT2D eigenvalue weighted by Gasteiger charge is 2.48. The third-order valence-electron chi connectivity index (χ3n) is 7.46. The highest BCUT2D eigenvalue weighted by atomic mass is 16.3. The molecule has 5 rings (SSSR count). The van der Waals surface area contributed by atoms with Crippen LogP contribution in [0.25, 0.3) is 0 Å². The second-order valence-electron chi connectivity index (χ2n) is 10.5. The van der Waals surface area contributed by atoms with E-state index in [9.17, 15) is 9.90 Å². The Morgan fingerprint density at radius 3 is 2.83 bits per heavy atom. The lowest BCUT2D eigenvalue weighted by Crippen LogP contribution is -2.43. The van der Waals surface area contributed by atoms with Gasteiger partial charge in [-0.05, 0) is 82.0 Å². The van der Waals surface area contributed by atoms with Gasteiger partial charge in [-0.1, -0.05) is 30.9 Å². The number of nitrogens with one attached hydrogen (secondary N) is 1. The molecule has 7 heteroatoms. The number of amides is 1. The van der Waals surface area contributed by atoms with E-state index in [1.807, 2.05) is 26.0 Å². The van der Waals surface area contributed by atoms with E-state index in [0.29, 0.717) is 30.4 Å². The first kappa shape index (κ1) is 24.3. The quantitative estimate of drug-likeness (QED) is 0.578. The summed E-state index contributed by atoms with van der Waals surface area (Å²) in [5.74, 6) is 1.43. The Morgan fingerprint density at radius 1 is 1.22 bits per heavy atom. The van der Waals surface area contributed by atoms with Crippen molar-refractivity contribution in [2.45, 2.75) is 64.0 Å². The van der Waals surface area contributed by atoms with E-state index in [2.05, 4.69) is 40.0 Å². The minimum absolute atomic E-state index is 0.00691. The van der Waals surface area contributed by atoms with Gasteiger partial charge in [-0.15, -0.1) is 0 Å². The van der Waals surface area contributed by atoms with Crippen LogP contribution >= 0.6 is 0 Å². The van der Waals surface area contributed by atoms with E-state index in [4.69, 9.17) is 4.98 Å². The number of hydrogen-bond donors (Lipinski definition) is 2. The molecule has 1 aromatic carbocycles. The number of carbonyl (C=O) groups is 1. The van der Waals surface area contributed by atoms with Crippen LogP contribution in [0.5, 0.6) is 0 Å². The Kier molecular flexibility index (Phi) is 6.67. The maximum Gasteiger partial charge on any atom is 0.239 e. The molecule has 2 N–H and O–H groups in total. The molecule has 2 aliphatic heterocycles. The van der Waals surface area contributed by atoms with E-state index < -0.39 is 5.41 Å². The number of anilines is 3. The lowest BCUT2D eigenvalue weighted by Gasteiger charge is -2.30. The first-order valence-electron chi connectivity index (χ1n) is 12.9. The van der Waals surface area contributed by atoms with Crippen LogP contribution in [0.15, 0.2) is 66.6 Å². The summed E-state index contributed by atoms with van der Waals surface area (Å²) in [6.07, 6.45) is 11.7.